The standard InChI is InChI=1S/C14H27N7O2S/c1-10(2)13-20-19-12-6-5-11(9-21(12)13)18-14(15-3)16-7-8-17-24(4,22)23/h10-11,17H,5-9H2,1-4H3,(H2,15,16,18). The van der Waals surface area contributed by atoms with Crippen LogP contribution in [0, 0.1) is 0 Å². The molecule has 0 bridgehead atoms. The maximum atomic E-state index is 11.0. The SMILES string of the molecule is CN=C(NCCNS(C)(=O)=O)NC1CCc2nnc(C(C)C)n2C1. The lowest BCUT2D eigenvalue weighted by molar-refractivity contribution is 0.408. The molecule has 3 N–H and O–H groups in total. The Morgan fingerprint density at radius 3 is 2.75 bits per heavy atom. The molecular formula is C14H27N7O2S. The van der Waals surface area contributed by atoms with Crippen molar-refractivity contribution in [2.24, 2.45) is 4.99 Å². The van der Waals surface area contributed by atoms with E-state index in [1.54, 1.807) is 7.05 Å². The van der Waals surface area contributed by atoms with Gasteiger partial charge in [0.15, 0.2) is 5.96 Å². The summed E-state index contributed by atoms with van der Waals surface area (Å²) in [6, 6.07) is 0.236. The zero-order chi connectivity index (χ0) is 17.7. The number of rotatable bonds is 6. The van der Waals surface area contributed by atoms with E-state index in [2.05, 4.69) is 49.0 Å². The van der Waals surface area contributed by atoms with Gasteiger partial charge in [0.25, 0.3) is 0 Å². The molecule has 2 heterocycles. The smallest absolute Gasteiger partial charge is 0.208 e. The van der Waals surface area contributed by atoms with Crippen molar-refractivity contribution in [1.29, 1.82) is 0 Å². The third-order valence-electron chi connectivity index (χ3n) is 3.84. The number of hydrogen-bond donors (Lipinski definition) is 3. The Hall–Kier alpha value is -1.68. The average molecular weight is 357 g/mol. The summed E-state index contributed by atoms with van der Waals surface area (Å²) in [5, 5.41) is 15.1. The van der Waals surface area contributed by atoms with E-state index < -0.39 is 10.0 Å². The first-order valence-corrected chi connectivity index (χ1v) is 10.0. The molecule has 0 amide bonds. The van der Waals surface area contributed by atoms with Crippen molar-refractivity contribution in [2.75, 3.05) is 26.4 Å². The number of aryl methyl sites for hydroxylation is 1. The Labute approximate surface area is 143 Å². The molecule has 2 rings (SSSR count). The van der Waals surface area contributed by atoms with Gasteiger partial charge in [-0.2, -0.15) is 0 Å². The highest BCUT2D eigenvalue weighted by molar-refractivity contribution is 7.88. The maximum absolute atomic E-state index is 11.0. The van der Waals surface area contributed by atoms with E-state index in [9.17, 15) is 8.42 Å². The van der Waals surface area contributed by atoms with E-state index in [-0.39, 0.29) is 6.04 Å². The van der Waals surface area contributed by atoms with Crippen LogP contribution < -0.4 is 15.4 Å². The van der Waals surface area contributed by atoms with Crippen LogP contribution in [0.25, 0.3) is 0 Å². The molecule has 1 unspecified atom stereocenters. The molecule has 0 saturated heterocycles. The van der Waals surface area contributed by atoms with Gasteiger partial charge in [-0.3, -0.25) is 4.99 Å². The highest BCUT2D eigenvalue weighted by Crippen LogP contribution is 2.19. The van der Waals surface area contributed by atoms with Crippen molar-refractivity contribution in [3.05, 3.63) is 11.6 Å². The van der Waals surface area contributed by atoms with Crippen molar-refractivity contribution < 1.29 is 8.42 Å². The van der Waals surface area contributed by atoms with Crippen LogP contribution in [0.2, 0.25) is 0 Å². The molecule has 0 saturated carbocycles. The quantitative estimate of drug-likeness (QED) is 0.357. The van der Waals surface area contributed by atoms with Crippen molar-refractivity contribution in [1.82, 2.24) is 30.1 Å². The molecule has 1 aromatic rings. The van der Waals surface area contributed by atoms with Crippen molar-refractivity contribution in [3.8, 4) is 0 Å². The predicted octanol–water partition coefficient (Wildman–Crippen LogP) is -0.569. The minimum absolute atomic E-state index is 0.236. The van der Waals surface area contributed by atoms with Gasteiger partial charge in [0, 0.05) is 45.1 Å². The first kappa shape index (κ1) is 18.7. The van der Waals surface area contributed by atoms with Gasteiger partial charge in [0.2, 0.25) is 10.0 Å². The third kappa shape index (κ3) is 5.17. The predicted molar refractivity (Wildman–Crippen MR) is 93.6 cm³/mol. The van der Waals surface area contributed by atoms with Crippen LogP contribution >= 0.6 is 0 Å². The van der Waals surface area contributed by atoms with Gasteiger partial charge >= 0.3 is 0 Å². The van der Waals surface area contributed by atoms with Crippen LogP contribution in [0.4, 0.5) is 0 Å². The Morgan fingerprint density at radius 1 is 1.38 bits per heavy atom. The summed E-state index contributed by atoms with van der Waals surface area (Å²) in [6.45, 7) is 5.82. The van der Waals surface area contributed by atoms with E-state index in [1.807, 2.05) is 0 Å². The molecule has 1 atom stereocenters. The van der Waals surface area contributed by atoms with Crippen LogP contribution in [0.1, 0.15) is 37.8 Å². The third-order valence-corrected chi connectivity index (χ3v) is 4.57. The molecule has 10 heteroatoms. The summed E-state index contributed by atoms with van der Waals surface area (Å²) >= 11 is 0. The number of hydrogen-bond acceptors (Lipinski definition) is 5. The number of sulfonamides is 1. The number of guanidine groups is 1. The lowest BCUT2D eigenvalue weighted by Gasteiger charge is -2.27. The topological polar surface area (TPSA) is 113 Å². The maximum Gasteiger partial charge on any atom is 0.208 e. The molecule has 0 fully saturated rings. The van der Waals surface area contributed by atoms with Crippen LogP contribution in [-0.2, 0) is 23.0 Å². The summed E-state index contributed by atoms with van der Waals surface area (Å²) in [5.41, 5.74) is 0. The lowest BCUT2D eigenvalue weighted by Crippen LogP contribution is -2.48. The second kappa shape index (κ2) is 7.93. The van der Waals surface area contributed by atoms with Crippen molar-refractivity contribution >= 4 is 16.0 Å². The van der Waals surface area contributed by atoms with E-state index in [0.29, 0.717) is 25.0 Å². The van der Waals surface area contributed by atoms with Gasteiger partial charge in [-0.1, -0.05) is 13.8 Å². The molecule has 1 aromatic heterocycles. The molecule has 9 nitrogen and oxygen atoms in total. The lowest BCUT2D eigenvalue weighted by atomic mass is 10.1. The Bertz CT molecular complexity index is 681. The minimum Gasteiger partial charge on any atom is -0.355 e. The Morgan fingerprint density at radius 2 is 2.12 bits per heavy atom. The monoisotopic (exact) mass is 357 g/mol. The molecular weight excluding hydrogens is 330 g/mol. The fourth-order valence-electron chi connectivity index (χ4n) is 2.70. The van der Waals surface area contributed by atoms with E-state index in [4.69, 9.17) is 0 Å². The zero-order valence-corrected chi connectivity index (χ0v) is 15.5. The number of aliphatic imine (C=N–C) groups is 1. The fourth-order valence-corrected chi connectivity index (χ4v) is 3.17. The largest absolute Gasteiger partial charge is 0.355 e. The molecule has 0 radical (unpaired) electrons. The summed E-state index contributed by atoms with van der Waals surface area (Å²) in [4.78, 5) is 4.19. The van der Waals surface area contributed by atoms with Gasteiger partial charge in [-0.15, -0.1) is 10.2 Å². The number of aromatic nitrogens is 3. The van der Waals surface area contributed by atoms with Gasteiger partial charge in [-0.25, -0.2) is 13.1 Å². The van der Waals surface area contributed by atoms with Crippen LogP contribution in [0.3, 0.4) is 0 Å². The van der Waals surface area contributed by atoms with Gasteiger partial charge < -0.3 is 15.2 Å². The van der Waals surface area contributed by atoms with E-state index in [1.165, 1.54) is 0 Å². The second-order valence-corrected chi connectivity index (χ2v) is 8.12. The molecule has 0 aliphatic carbocycles. The second-order valence-electron chi connectivity index (χ2n) is 6.29. The number of nitrogens with zero attached hydrogens (tertiary/aromatic N) is 4. The molecule has 0 spiro atoms. The summed E-state index contributed by atoms with van der Waals surface area (Å²) in [5.74, 6) is 3.05. The highest BCUT2D eigenvalue weighted by atomic mass is 32.2. The highest BCUT2D eigenvalue weighted by Gasteiger charge is 2.24. The average Bonchev–Trinajstić information content (AvgIpc) is 2.92. The van der Waals surface area contributed by atoms with Crippen LogP contribution in [-0.4, -0.2) is 61.6 Å². The van der Waals surface area contributed by atoms with E-state index >= 15 is 0 Å². The summed E-state index contributed by atoms with van der Waals surface area (Å²) < 4.78 is 26.7. The van der Waals surface area contributed by atoms with Crippen molar-refractivity contribution in [2.45, 2.75) is 45.2 Å². The van der Waals surface area contributed by atoms with Crippen molar-refractivity contribution in [3.63, 3.8) is 0 Å². The van der Waals surface area contributed by atoms with Gasteiger partial charge in [0.1, 0.15) is 11.6 Å². The summed E-state index contributed by atoms with van der Waals surface area (Å²) in [6.07, 6.45) is 2.98. The summed E-state index contributed by atoms with van der Waals surface area (Å²) in [7, 11) is -1.46. The van der Waals surface area contributed by atoms with Crippen LogP contribution in [0.15, 0.2) is 4.99 Å². The molecule has 1 aliphatic heterocycles. The van der Waals surface area contributed by atoms with Gasteiger partial charge in [0.05, 0.1) is 6.26 Å². The zero-order valence-electron chi connectivity index (χ0n) is 14.7. The number of fused-ring (bicyclic) bond motifs is 1. The van der Waals surface area contributed by atoms with Crippen LogP contribution in [0.5, 0.6) is 0 Å². The molecule has 24 heavy (non-hydrogen) atoms. The molecule has 136 valence electrons. The Kier molecular flexibility index (Phi) is 6.16. The van der Waals surface area contributed by atoms with E-state index in [0.717, 1.165) is 37.3 Å². The molecule has 0 aromatic carbocycles. The first-order chi connectivity index (χ1) is 11.3. The number of nitrogens with one attached hydrogen (secondary N) is 3. The van der Waals surface area contributed by atoms with Gasteiger partial charge in [-0.05, 0) is 6.42 Å². The normalized spacial score (nSPS) is 18.5. The molecule has 1 aliphatic rings. The Balaban J connectivity index is 1.87. The first-order valence-electron chi connectivity index (χ1n) is 8.14. The fraction of sp³-hybridized carbons (Fsp3) is 0.786. The minimum atomic E-state index is -3.16.